The molecule has 0 spiro atoms. The van der Waals surface area contributed by atoms with Crippen molar-refractivity contribution in [3.8, 4) is 0 Å². The van der Waals surface area contributed by atoms with Crippen LogP contribution in [-0.2, 0) is 20.9 Å². The van der Waals surface area contributed by atoms with Crippen molar-refractivity contribution in [1.29, 1.82) is 0 Å². The van der Waals surface area contributed by atoms with Gasteiger partial charge in [0.1, 0.15) is 0 Å². The molecule has 1 atom stereocenters. The Labute approximate surface area is 225 Å². The van der Waals surface area contributed by atoms with Gasteiger partial charge in [-0.05, 0) is 62.7 Å². The van der Waals surface area contributed by atoms with Crippen LogP contribution in [0.1, 0.15) is 50.5 Å². The standard InChI is InChI=1S/C26H33ClN4O5S/c1-8-31(9-2)18-11-13-20(16(3)14-18)28-22(23(32)26(4,5)6)24(33)29-21-15-17(10-12-19(21)27)25(34)30(7)37(35)36/h10-15H,8-9H2,1-7H3,(H,29,33)(H,35,36). The Morgan fingerprint density at radius 2 is 1.70 bits per heavy atom. The number of amides is 2. The maximum Gasteiger partial charge on any atom is 0.278 e. The molecule has 0 heterocycles. The Hall–Kier alpha value is -3.08. The first-order valence-electron chi connectivity index (χ1n) is 11.7. The minimum atomic E-state index is -2.52. The van der Waals surface area contributed by atoms with Crippen molar-refractivity contribution in [2.24, 2.45) is 10.4 Å². The summed E-state index contributed by atoms with van der Waals surface area (Å²) in [5.74, 6) is -2.02. The van der Waals surface area contributed by atoms with Gasteiger partial charge >= 0.3 is 0 Å². The summed E-state index contributed by atoms with van der Waals surface area (Å²) in [5, 5.41) is 2.69. The van der Waals surface area contributed by atoms with Crippen molar-refractivity contribution >= 4 is 63.2 Å². The zero-order valence-electron chi connectivity index (χ0n) is 22.1. The fraction of sp³-hybridized carbons (Fsp3) is 0.385. The molecule has 2 aromatic carbocycles. The number of hydrogen-bond donors (Lipinski definition) is 2. The van der Waals surface area contributed by atoms with E-state index in [0.717, 1.165) is 31.4 Å². The molecule has 0 aliphatic heterocycles. The molecule has 2 N–H and O–H groups in total. The number of halogens is 1. The van der Waals surface area contributed by atoms with E-state index in [1.165, 1.54) is 18.2 Å². The summed E-state index contributed by atoms with van der Waals surface area (Å²) >= 11 is 3.72. The normalized spacial score (nSPS) is 12.6. The molecule has 0 aromatic heterocycles. The number of aryl methyl sites for hydroxylation is 1. The molecular formula is C26H33ClN4O5S. The molecule has 0 fully saturated rings. The summed E-state index contributed by atoms with van der Waals surface area (Å²) in [5.41, 5.74) is 1.14. The SMILES string of the molecule is CCN(CC)c1ccc(N=C(C(=O)Nc2cc(C(=O)N(C)S(=O)O)ccc2Cl)C(=O)C(C)(C)C)c(C)c1. The lowest BCUT2D eigenvalue weighted by Gasteiger charge is -2.22. The van der Waals surface area contributed by atoms with E-state index in [0.29, 0.717) is 9.99 Å². The van der Waals surface area contributed by atoms with E-state index >= 15 is 0 Å². The molecule has 2 aromatic rings. The number of carbonyl (C=O) groups excluding carboxylic acids is 3. The topological polar surface area (TPSA) is 119 Å². The minimum Gasteiger partial charge on any atom is -0.372 e. The first kappa shape index (κ1) is 30.1. The predicted molar refractivity (Wildman–Crippen MR) is 149 cm³/mol. The van der Waals surface area contributed by atoms with Crippen LogP contribution in [0.5, 0.6) is 0 Å². The first-order chi connectivity index (χ1) is 17.2. The van der Waals surface area contributed by atoms with E-state index in [4.69, 9.17) is 11.6 Å². The lowest BCUT2D eigenvalue weighted by atomic mass is 9.87. The van der Waals surface area contributed by atoms with Gasteiger partial charge in [-0.3, -0.25) is 18.9 Å². The van der Waals surface area contributed by atoms with Crippen molar-refractivity contribution in [2.45, 2.75) is 41.5 Å². The summed E-state index contributed by atoms with van der Waals surface area (Å²) in [7, 11) is 1.16. The number of aliphatic imine (C=N–C) groups is 1. The zero-order valence-corrected chi connectivity index (χ0v) is 23.7. The predicted octanol–water partition coefficient (Wildman–Crippen LogP) is 5.03. The molecule has 0 bridgehead atoms. The van der Waals surface area contributed by atoms with Gasteiger partial charge < -0.3 is 10.2 Å². The highest BCUT2D eigenvalue weighted by molar-refractivity contribution is 7.77. The van der Waals surface area contributed by atoms with Gasteiger partial charge in [-0.1, -0.05) is 32.4 Å². The summed E-state index contributed by atoms with van der Waals surface area (Å²) in [6, 6.07) is 9.62. The average Bonchev–Trinajstić information content (AvgIpc) is 2.83. The van der Waals surface area contributed by atoms with Crippen LogP contribution in [0.2, 0.25) is 5.02 Å². The lowest BCUT2D eigenvalue weighted by molar-refractivity contribution is -0.121. The van der Waals surface area contributed by atoms with Crippen LogP contribution in [0.25, 0.3) is 0 Å². The molecule has 0 radical (unpaired) electrons. The molecular weight excluding hydrogens is 516 g/mol. The van der Waals surface area contributed by atoms with Gasteiger partial charge in [0.2, 0.25) is 0 Å². The monoisotopic (exact) mass is 548 g/mol. The fourth-order valence-corrected chi connectivity index (χ4v) is 3.83. The van der Waals surface area contributed by atoms with E-state index in [9.17, 15) is 23.1 Å². The van der Waals surface area contributed by atoms with Crippen molar-refractivity contribution in [1.82, 2.24) is 4.31 Å². The highest BCUT2D eigenvalue weighted by atomic mass is 35.5. The van der Waals surface area contributed by atoms with E-state index < -0.39 is 34.3 Å². The molecule has 2 amide bonds. The van der Waals surface area contributed by atoms with Crippen molar-refractivity contribution < 1.29 is 23.1 Å². The summed E-state index contributed by atoms with van der Waals surface area (Å²) in [4.78, 5) is 45.7. The zero-order chi connectivity index (χ0) is 28.1. The Balaban J connectivity index is 2.51. The first-order valence-corrected chi connectivity index (χ1v) is 13.1. The fourth-order valence-electron chi connectivity index (χ4n) is 3.42. The molecule has 2 rings (SSSR count). The maximum atomic E-state index is 13.3. The van der Waals surface area contributed by atoms with Gasteiger partial charge in [-0.15, -0.1) is 0 Å². The van der Waals surface area contributed by atoms with Crippen LogP contribution in [0.15, 0.2) is 41.4 Å². The number of ketones is 1. The third-order valence-corrected chi connectivity index (χ3v) is 6.60. The minimum absolute atomic E-state index is 0.0214. The Bertz CT molecular complexity index is 1250. The van der Waals surface area contributed by atoms with Crippen LogP contribution in [0.4, 0.5) is 17.1 Å². The second-order valence-corrected chi connectivity index (χ2v) is 10.8. The van der Waals surface area contributed by atoms with Gasteiger partial charge in [0.05, 0.1) is 16.4 Å². The van der Waals surface area contributed by atoms with E-state index in [-0.39, 0.29) is 22.0 Å². The van der Waals surface area contributed by atoms with Gasteiger partial charge in [-0.25, -0.2) is 13.5 Å². The molecule has 11 heteroatoms. The van der Waals surface area contributed by atoms with Gasteiger partial charge in [0.25, 0.3) is 23.1 Å². The molecule has 0 aliphatic rings. The number of benzene rings is 2. The lowest BCUT2D eigenvalue weighted by Crippen LogP contribution is -2.37. The third-order valence-electron chi connectivity index (χ3n) is 5.63. The number of rotatable bonds is 9. The van der Waals surface area contributed by atoms with Crippen LogP contribution < -0.4 is 10.2 Å². The molecule has 0 saturated carbocycles. The Morgan fingerprint density at radius 1 is 1.08 bits per heavy atom. The van der Waals surface area contributed by atoms with Gasteiger partial charge in [0, 0.05) is 36.8 Å². The van der Waals surface area contributed by atoms with Crippen LogP contribution in [-0.4, -0.2) is 56.5 Å². The van der Waals surface area contributed by atoms with Crippen molar-refractivity contribution in [2.75, 3.05) is 30.4 Å². The van der Waals surface area contributed by atoms with Crippen LogP contribution in [0, 0.1) is 12.3 Å². The molecule has 200 valence electrons. The quantitative estimate of drug-likeness (QED) is 0.258. The van der Waals surface area contributed by atoms with Gasteiger partial charge in [0.15, 0.2) is 11.5 Å². The molecule has 1 unspecified atom stereocenters. The number of anilines is 2. The van der Waals surface area contributed by atoms with Crippen LogP contribution in [0.3, 0.4) is 0 Å². The number of nitrogens with zero attached hydrogens (tertiary/aromatic N) is 3. The number of hydrogen-bond acceptors (Lipinski definition) is 6. The molecule has 9 nitrogen and oxygen atoms in total. The van der Waals surface area contributed by atoms with Gasteiger partial charge in [-0.2, -0.15) is 0 Å². The second-order valence-electron chi connectivity index (χ2n) is 9.36. The van der Waals surface area contributed by atoms with Crippen molar-refractivity contribution in [3.63, 3.8) is 0 Å². The number of Topliss-reactive ketones (excluding diaryl/α,β-unsaturated/α-hetero) is 1. The number of nitrogens with one attached hydrogen (secondary N) is 1. The van der Waals surface area contributed by atoms with E-state index in [2.05, 4.69) is 29.1 Å². The largest absolute Gasteiger partial charge is 0.372 e. The van der Waals surface area contributed by atoms with E-state index in [1.807, 2.05) is 19.1 Å². The molecule has 37 heavy (non-hydrogen) atoms. The van der Waals surface area contributed by atoms with E-state index in [1.54, 1.807) is 26.8 Å². The maximum absolute atomic E-state index is 13.3. The smallest absolute Gasteiger partial charge is 0.278 e. The highest BCUT2D eigenvalue weighted by Gasteiger charge is 2.31. The third kappa shape index (κ3) is 7.47. The Kier molecular flexibility index (Phi) is 10.1. The summed E-state index contributed by atoms with van der Waals surface area (Å²) in [6.45, 7) is 12.7. The van der Waals surface area contributed by atoms with Crippen LogP contribution >= 0.6 is 11.6 Å². The Morgan fingerprint density at radius 3 is 2.22 bits per heavy atom. The summed E-state index contributed by atoms with van der Waals surface area (Å²) in [6.07, 6.45) is 0. The average molecular weight is 549 g/mol. The highest BCUT2D eigenvalue weighted by Crippen LogP contribution is 2.28. The molecule has 0 aliphatic carbocycles. The summed E-state index contributed by atoms with van der Waals surface area (Å²) < 4.78 is 21.1. The van der Waals surface area contributed by atoms with Crippen molar-refractivity contribution in [3.05, 3.63) is 52.5 Å². The second kappa shape index (κ2) is 12.4. The number of carbonyl (C=O) groups is 3. The molecule has 0 saturated heterocycles.